The van der Waals surface area contributed by atoms with Crippen molar-refractivity contribution in [3.05, 3.63) is 29.1 Å². The molecule has 0 unspecified atom stereocenters. The predicted molar refractivity (Wildman–Crippen MR) is 50.7 cm³/mol. The molecule has 4 heteroatoms. The van der Waals surface area contributed by atoms with Crippen LogP contribution in [-0.4, -0.2) is 18.9 Å². The van der Waals surface area contributed by atoms with E-state index < -0.39 is 11.8 Å². The molecule has 14 heavy (non-hydrogen) atoms. The van der Waals surface area contributed by atoms with E-state index in [1.54, 1.807) is 6.07 Å². The number of rotatable bonds is 2. The summed E-state index contributed by atoms with van der Waals surface area (Å²) in [4.78, 5) is 10.8. The molecular weight excluding hydrogens is 182 g/mol. The third-order valence-corrected chi connectivity index (χ3v) is 2.37. The second-order valence-corrected chi connectivity index (χ2v) is 3.55. The Morgan fingerprint density at radius 2 is 2.14 bits per heavy atom. The Morgan fingerprint density at radius 1 is 1.50 bits per heavy atom. The lowest BCUT2D eigenvalue weighted by atomic mass is 9.90. The Morgan fingerprint density at radius 3 is 2.64 bits per heavy atom. The minimum atomic E-state index is -1.22. The van der Waals surface area contributed by atoms with Crippen LogP contribution in [-0.2, 0) is 0 Å². The first-order valence-corrected chi connectivity index (χ1v) is 4.42. The maximum absolute atomic E-state index is 13.3. The second kappa shape index (κ2) is 3.12. The smallest absolute Gasteiger partial charge is 0.338 e. The van der Waals surface area contributed by atoms with Gasteiger partial charge in [0, 0.05) is 0 Å². The standard InChI is InChI=1S/C10H8BFO2/c11-6-3-7(5-1-2-5)9(10(13)14)8(12)4-6/h3-5H,1-2H2,(H,13,14). The van der Waals surface area contributed by atoms with Gasteiger partial charge in [0.05, 0.1) is 5.56 Å². The Kier molecular flexibility index (Phi) is 2.06. The first kappa shape index (κ1) is 9.25. The van der Waals surface area contributed by atoms with Crippen LogP contribution in [0.5, 0.6) is 0 Å². The summed E-state index contributed by atoms with van der Waals surface area (Å²) in [6, 6.07) is 2.61. The van der Waals surface area contributed by atoms with E-state index in [0.717, 1.165) is 18.9 Å². The largest absolute Gasteiger partial charge is 0.478 e. The van der Waals surface area contributed by atoms with Gasteiger partial charge in [-0.25, -0.2) is 9.18 Å². The van der Waals surface area contributed by atoms with E-state index >= 15 is 0 Å². The van der Waals surface area contributed by atoms with Crippen LogP contribution < -0.4 is 5.46 Å². The first-order chi connectivity index (χ1) is 6.59. The molecule has 0 bridgehead atoms. The third kappa shape index (κ3) is 1.52. The lowest BCUT2D eigenvalue weighted by Gasteiger charge is -2.07. The Hall–Kier alpha value is -1.32. The molecule has 0 aliphatic heterocycles. The van der Waals surface area contributed by atoms with Gasteiger partial charge in [0.2, 0.25) is 0 Å². The SMILES string of the molecule is [B]c1cc(F)c(C(=O)O)c(C2CC2)c1. The van der Waals surface area contributed by atoms with Crippen molar-refractivity contribution < 1.29 is 14.3 Å². The molecule has 0 heterocycles. The maximum Gasteiger partial charge on any atom is 0.338 e. The van der Waals surface area contributed by atoms with Gasteiger partial charge in [-0.1, -0.05) is 11.5 Å². The molecule has 0 aromatic heterocycles. The summed E-state index contributed by atoms with van der Waals surface area (Å²) in [6.07, 6.45) is 1.84. The van der Waals surface area contributed by atoms with E-state index in [2.05, 4.69) is 0 Å². The van der Waals surface area contributed by atoms with Crippen LogP contribution in [0.1, 0.15) is 34.7 Å². The molecule has 0 spiro atoms. The lowest BCUT2D eigenvalue weighted by Crippen LogP contribution is -2.12. The van der Waals surface area contributed by atoms with E-state index in [1.807, 2.05) is 0 Å². The molecule has 1 saturated carbocycles. The van der Waals surface area contributed by atoms with E-state index in [-0.39, 0.29) is 16.9 Å². The van der Waals surface area contributed by atoms with Crippen LogP contribution in [0, 0.1) is 5.82 Å². The van der Waals surface area contributed by atoms with Crippen molar-refractivity contribution in [1.29, 1.82) is 0 Å². The summed E-state index contributed by atoms with van der Waals surface area (Å²) in [5.74, 6) is -1.78. The van der Waals surface area contributed by atoms with Crippen LogP contribution in [0.4, 0.5) is 4.39 Å². The molecule has 0 saturated heterocycles. The van der Waals surface area contributed by atoms with Crippen molar-refractivity contribution in [3.8, 4) is 0 Å². The molecule has 70 valence electrons. The predicted octanol–water partition coefficient (Wildman–Crippen LogP) is 1.20. The zero-order chi connectivity index (χ0) is 10.3. The fourth-order valence-electron chi connectivity index (χ4n) is 1.59. The fourth-order valence-corrected chi connectivity index (χ4v) is 1.59. The van der Waals surface area contributed by atoms with Crippen LogP contribution in [0.2, 0.25) is 0 Å². The van der Waals surface area contributed by atoms with E-state index in [9.17, 15) is 9.18 Å². The Labute approximate surface area is 82.2 Å². The van der Waals surface area contributed by atoms with Gasteiger partial charge in [-0.15, -0.1) is 0 Å². The van der Waals surface area contributed by atoms with Crippen molar-refractivity contribution in [2.75, 3.05) is 0 Å². The lowest BCUT2D eigenvalue weighted by molar-refractivity contribution is 0.0690. The van der Waals surface area contributed by atoms with Gasteiger partial charge in [-0.3, -0.25) is 0 Å². The van der Waals surface area contributed by atoms with E-state index in [0.29, 0.717) is 5.56 Å². The highest BCUT2D eigenvalue weighted by atomic mass is 19.1. The van der Waals surface area contributed by atoms with Crippen LogP contribution >= 0.6 is 0 Å². The average molecular weight is 190 g/mol. The van der Waals surface area contributed by atoms with Gasteiger partial charge in [0.1, 0.15) is 13.7 Å². The minimum absolute atomic E-state index is 0.180. The summed E-state index contributed by atoms with van der Waals surface area (Å²) in [5.41, 5.74) is 0.603. The van der Waals surface area contributed by atoms with Gasteiger partial charge in [0.25, 0.3) is 0 Å². The summed E-state index contributed by atoms with van der Waals surface area (Å²) < 4.78 is 13.3. The molecule has 1 aliphatic carbocycles. The highest BCUT2D eigenvalue weighted by Gasteiger charge is 2.30. The third-order valence-electron chi connectivity index (χ3n) is 2.37. The molecule has 1 N–H and O–H groups in total. The number of carbonyl (C=O) groups is 1. The fraction of sp³-hybridized carbons (Fsp3) is 0.300. The summed E-state index contributed by atoms with van der Waals surface area (Å²) in [7, 11) is 5.46. The monoisotopic (exact) mass is 190 g/mol. The second-order valence-electron chi connectivity index (χ2n) is 3.55. The zero-order valence-electron chi connectivity index (χ0n) is 7.46. The number of carboxylic acid groups (broad SMARTS) is 1. The Bertz CT molecular complexity index is 399. The van der Waals surface area contributed by atoms with Crippen molar-refractivity contribution in [1.82, 2.24) is 0 Å². The molecule has 0 atom stereocenters. The number of carboxylic acids is 1. The van der Waals surface area contributed by atoms with Crippen LogP contribution in [0.25, 0.3) is 0 Å². The summed E-state index contributed by atoms with van der Waals surface area (Å²) in [6.45, 7) is 0. The number of hydrogen-bond donors (Lipinski definition) is 1. The number of halogens is 1. The first-order valence-electron chi connectivity index (χ1n) is 4.42. The molecule has 2 nitrogen and oxygen atoms in total. The zero-order valence-corrected chi connectivity index (χ0v) is 7.46. The quantitative estimate of drug-likeness (QED) is 0.711. The van der Waals surface area contributed by atoms with Crippen LogP contribution in [0.15, 0.2) is 12.1 Å². The molecule has 1 aromatic carbocycles. The topological polar surface area (TPSA) is 37.3 Å². The summed E-state index contributed by atoms with van der Waals surface area (Å²) in [5, 5.41) is 8.83. The molecule has 1 fully saturated rings. The Balaban J connectivity index is 2.58. The molecule has 2 rings (SSSR count). The average Bonchev–Trinajstić information content (AvgIpc) is 2.82. The van der Waals surface area contributed by atoms with Gasteiger partial charge in [-0.2, -0.15) is 0 Å². The van der Waals surface area contributed by atoms with Gasteiger partial charge in [-0.05, 0) is 30.4 Å². The van der Waals surface area contributed by atoms with Gasteiger partial charge >= 0.3 is 5.97 Å². The minimum Gasteiger partial charge on any atom is -0.478 e. The summed E-state index contributed by atoms with van der Waals surface area (Å²) >= 11 is 0. The number of benzene rings is 1. The highest BCUT2D eigenvalue weighted by Crippen LogP contribution is 2.41. The van der Waals surface area contributed by atoms with Gasteiger partial charge < -0.3 is 5.11 Å². The van der Waals surface area contributed by atoms with Crippen molar-refractivity contribution in [2.45, 2.75) is 18.8 Å². The molecule has 0 amide bonds. The number of hydrogen-bond acceptors (Lipinski definition) is 1. The molecular formula is C10H8BFO2. The highest BCUT2D eigenvalue weighted by molar-refractivity contribution is 6.32. The molecule has 2 radical (unpaired) electrons. The molecule has 1 aromatic rings. The normalized spacial score (nSPS) is 15.5. The molecule has 1 aliphatic rings. The number of aromatic carboxylic acids is 1. The maximum atomic E-state index is 13.3. The van der Waals surface area contributed by atoms with E-state index in [4.69, 9.17) is 13.0 Å². The van der Waals surface area contributed by atoms with E-state index in [1.165, 1.54) is 0 Å². The van der Waals surface area contributed by atoms with Crippen molar-refractivity contribution in [2.24, 2.45) is 0 Å². The van der Waals surface area contributed by atoms with Gasteiger partial charge in [0.15, 0.2) is 0 Å². The van der Waals surface area contributed by atoms with Crippen molar-refractivity contribution in [3.63, 3.8) is 0 Å². The van der Waals surface area contributed by atoms with Crippen molar-refractivity contribution >= 4 is 19.3 Å². The van der Waals surface area contributed by atoms with Crippen LogP contribution in [0.3, 0.4) is 0 Å².